The Morgan fingerprint density at radius 3 is 2.74 bits per heavy atom. The molecule has 1 aromatic carbocycles. The van der Waals surface area contributed by atoms with Crippen LogP contribution in [0.4, 0.5) is 0 Å². The van der Waals surface area contributed by atoms with E-state index in [0.717, 1.165) is 25.1 Å². The average molecular weight is 263 g/mol. The van der Waals surface area contributed by atoms with Gasteiger partial charge in [-0.1, -0.05) is 12.1 Å². The van der Waals surface area contributed by atoms with E-state index >= 15 is 0 Å². The lowest BCUT2D eigenvalue weighted by Gasteiger charge is -2.30. The van der Waals surface area contributed by atoms with Crippen LogP contribution in [0.5, 0.6) is 5.75 Å². The van der Waals surface area contributed by atoms with Crippen LogP contribution < -0.4 is 4.74 Å². The summed E-state index contributed by atoms with van der Waals surface area (Å²) in [6, 6.07) is 8.42. The van der Waals surface area contributed by atoms with Crippen molar-refractivity contribution in [1.29, 1.82) is 0 Å². The minimum Gasteiger partial charge on any atom is -0.497 e. The van der Waals surface area contributed by atoms with Crippen molar-refractivity contribution in [3.8, 4) is 5.75 Å². The van der Waals surface area contributed by atoms with E-state index < -0.39 is 5.97 Å². The fourth-order valence-corrected chi connectivity index (χ4v) is 2.86. The molecule has 1 aliphatic heterocycles. The van der Waals surface area contributed by atoms with Crippen molar-refractivity contribution in [1.82, 2.24) is 4.90 Å². The highest BCUT2D eigenvalue weighted by atomic mass is 16.5. The lowest BCUT2D eigenvalue weighted by atomic mass is 10.0. The molecule has 0 aliphatic carbocycles. The molecule has 0 amide bonds. The maximum absolute atomic E-state index is 10.9. The number of methoxy groups -OCH3 is 1. The first kappa shape index (κ1) is 13.9. The Kier molecular flexibility index (Phi) is 4.43. The summed E-state index contributed by atoms with van der Waals surface area (Å²) >= 11 is 0. The Morgan fingerprint density at radius 1 is 1.47 bits per heavy atom. The second kappa shape index (κ2) is 6.06. The van der Waals surface area contributed by atoms with E-state index in [9.17, 15) is 4.79 Å². The van der Waals surface area contributed by atoms with Crippen molar-refractivity contribution in [2.75, 3.05) is 13.7 Å². The summed E-state index contributed by atoms with van der Waals surface area (Å²) in [5.74, 6) is 0.137. The number of benzene rings is 1. The number of carboxylic acids is 1. The highest BCUT2D eigenvalue weighted by Crippen LogP contribution is 2.31. The molecule has 2 rings (SSSR count). The number of carbonyl (C=O) groups is 1. The van der Waals surface area contributed by atoms with Crippen molar-refractivity contribution < 1.29 is 14.6 Å². The molecular formula is C15H21NO3. The average Bonchev–Trinajstić information content (AvgIpc) is 2.85. The van der Waals surface area contributed by atoms with Crippen LogP contribution in [0.2, 0.25) is 0 Å². The molecule has 4 nitrogen and oxygen atoms in total. The largest absolute Gasteiger partial charge is 0.497 e. The zero-order valence-corrected chi connectivity index (χ0v) is 11.5. The maximum Gasteiger partial charge on any atom is 0.304 e. The molecule has 1 aromatic rings. The molecule has 0 spiro atoms. The van der Waals surface area contributed by atoms with Gasteiger partial charge in [0.05, 0.1) is 13.5 Å². The topological polar surface area (TPSA) is 49.8 Å². The van der Waals surface area contributed by atoms with Gasteiger partial charge in [-0.3, -0.25) is 9.69 Å². The number of likely N-dealkylation sites (tertiary alicyclic amines) is 1. The molecule has 1 saturated heterocycles. The monoisotopic (exact) mass is 263 g/mol. The Bertz CT molecular complexity index is 430. The summed E-state index contributed by atoms with van der Waals surface area (Å²) < 4.78 is 5.16. The number of rotatable bonds is 5. The molecule has 1 N–H and O–H groups in total. The summed E-state index contributed by atoms with van der Waals surface area (Å²) in [7, 11) is 1.65. The summed E-state index contributed by atoms with van der Waals surface area (Å²) in [4.78, 5) is 13.2. The van der Waals surface area contributed by atoms with Crippen LogP contribution >= 0.6 is 0 Å². The van der Waals surface area contributed by atoms with Gasteiger partial charge in [-0.15, -0.1) is 0 Å². The van der Waals surface area contributed by atoms with Crippen LogP contribution in [0.15, 0.2) is 24.3 Å². The Hall–Kier alpha value is -1.55. The first-order valence-electron chi connectivity index (χ1n) is 6.73. The Morgan fingerprint density at radius 2 is 2.16 bits per heavy atom. The number of nitrogens with zero attached hydrogens (tertiary/aromatic N) is 1. The van der Waals surface area contributed by atoms with Gasteiger partial charge in [0.1, 0.15) is 5.75 Å². The van der Waals surface area contributed by atoms with E-state index in [0.29, 0.717) is 0 Å². The van der Waals surface area contributed by atoms with Gasteiger partial charge in [0, 0.05) is 12.1 Å². The molecule has 1 aliphatic rings. The summed E-state index contributed by atoms with van der Waals surface area (Å²) in [5, 5.41) is 8.97. The highest BCUT2D eigenvalue weighted by Gasteiger charge is 2.30. The minimum absolute atomic E-state index is 0.162. The third-order valence-corrected chi connectivity index (χ3v) is 3.93. The molecule has 0 radical (unpaired) electrons. The second-order valence-electron chi connectivity index (χ2n) is 5.08. The molecule has 4 heteroatoms. The van der Waals surface area contributed by atoms with Gasteiger partial charge in [0.2, 0.25) is 0 Å². The molecule has 0 saturated carbocycles. The van der Waals surface area contributed by atoms with E-state index in [1.807, 2.05) is 12.1 Å². The van der Waals surface area contributed by atoms with Gasteiger partial charge < -0.3 is 9.84 Å². The molecule has 0 aromatic heterocycles. The first-order valence-corrected chi connectivity index (χ1v) is 6.73. The molecule has 1 fully saturated rings. The van der Waals surface area contributed by atoms with E-state index in [-0.39, 0.29) is 18.5 Å². The quantitative estimate of drug-likeness (QED) is 0.887. The van der Waals surface area contributed by atoms with Crippen molar-refractivity contribution in [3.05, 3.63) is 29.8 Å². The van der Waals surface area contributed by atoms with Crippen LogP contribution in [0.3, 0.4) is 0 Å². The van der Waals surface area contributed by atoms with E-state index in [4.69, 9.17) is 9.84 Å². The van der Waals surface area contributed by atoms with Gasteiger partial charge in [-0.25, -0.2) is 0 Å². The van der Waals surface area contributed by atoms with E-state index in [2.05, 4.69) is 24.0 Å². The lowest BCUT2D eigenvalue weighted by molar-refractivity contribution is -0.138. The van der Waals surface area contributed by atoms with Gasteiger partial charge in [0.15, 0.2) is 0 Å². The molecule has 1 heterocycles. The smallest absolute Gasteiger partial charge is 0.304 e. The number of ether oxygens (including phenoxy) is 1. The highest BCUT2D eigenvalue weighted by molar-refractivity contribution is 5.67. The number of hydrogen-bond donors (Lipinski definition) is 1. The summed E-state index contributed by atoms with van der Waals surface area (Å²) in [6.45, 7) is 3.12. The first-order chi connectivity index (χ1) is 9.11. The molecule has 104 valence electrons. The van der Waals surface area contributed by atoms with Crippen molar-refractivity contribution >= 4 is 5.97 Å². The fourth-order valence-electron chi connectivity index (χ4n) is 2.86. The van der Waals surface area contributed by atoms with Crippen LogP contribution in [0, 0.1) is 0 Å². The lowest BCUT2D eigenvalue weighted by Crippen LogP contribution is -2.33. The van der Waals surface area contributed by atoms with Crippen LogP contribution in [-0.2, 0) is 4.79 Å². The van der Waals surface area contributed by atoms with Crippen LogP contribution in [-0.4, -0.2) is 35.7 Å². The molecule has 0 bridgehead atoms. The predicted octanol–water partition coefficient (Wildman–Crippen LogP) is 2.70. The zero-order valence-electron chi connectivity index (χ0n) is 11.5. The number of hydrogen-bond acceptors (Lipinski definition) is 3. The van der Waals surface area contributed by atoms with Crippen molar-refractivity contribution in [2.24, 2.45) is 0 Å². The summed E-state index contributed by atoms with van der Waals surface area (Å²) in [6.07, 6.45) is 2.30. The SMILES string of the molecule is COc1ccc(C(C)N2CCCC2CC(=O)O)cc1. The molecular weight excluding hydrogens is 242 g/mol. The third kappa shape index (κ3) is 3.26. The predicted molar refractivity (Wildman–Crippen MR) is 73.4 cm³/mol. The molecule has 2 atom stereocenters. The van der Waals surface area contributed by atoms with Crippen molar-refractivity contribution in [3.63, 3.8) is 0 Å². The number of aliphatic carboxylic acids is 1. The normalized spacial score (nSPS) is 21.3. The van der Waals surface area contributed by atoms with Crippen molar-refractivity contribution in [2.45, 2.75) is 38.3 Å². The summed E-state index contributed by atoms with van der Waals surface area (Å²) in [5.41, 5.74) is 1.21. The Balaban J connectivity index is 2.08. The number of carboxylic acid groups (broad SMARTS) is 1. The van der Waals surface area contributed by atoms with E-state index in [1.165, 1.54) is 5.56 Å². The third-order valence-electron chi connectivity index (χ3n) is 3.93. The fraction of sp³-hybridized carbons (Fsp3) is 0.533. The zero-order chi connectivity index (χ0) is 13.8. The molecule has 2 unspecified atom stereocenters. The van der Waals surface area contributed by atoms with Crippen LogP contribution in [0.1, 0.15) is 37.8 Å². The van der Waals surface area contributed by atoms with Crippen LogP contribution in [0.25, 0.3) is 0 Å². The Labute approximate surface area is 114 Å². The van der Waals surface area contributed by atoms with E-state index in [1.54, 1.807) is 7.11 Å². The second-order valence-corrected chi connectivity index (χ2v) is 5.08. The van der Waals surface area contributed by atoms with Gasteiger partial charge in [0.25, 0.3) is 0 Å². The van der Waals surface area contributed by atoms with Gasteiger partial charge in [-0.2, -0.15) is 0 Å². The minimum atomic E-state index is -0.709. The maximum atomic E-state index is 10.9. The van der Waals surface area contributed by atoms with Gasteiger partial charge >= 0.3 is 5.97 Å². The van der Waals surface area contributed by atoms with Gasteiger partial charge in [-0.05, 0) is 44.0 Å². The molecule has 19 heavy (non-hydrogen) atoms. The standard InChI is InChI=1S/C15H21NO3/c1-11(12-5-7-14(19-2)8-6-12)16-9-3-4-13(16)10-15(17)18/h5-8,11,13H,3-4,9-10H2,1-2H3,(H,17,18).